The summed E-state index contributed by atoms with van der Waals surface area (Å²) in [5, 5.41) is 5.45. The molecule has 0 fully saturated rings. The molecule has 120 valence electrons. The Bertz CT molecular complexity index is 729. The van der Waals surface area contributed by atoms with Crippen LogP contribution in [0.25, 0.3) is 0 Å². The summed E-state index contributed by atoms with van der Waals surface area (Å²) in [5.74, 6) is -0.719. The van der Waals surface area contributed by atoms with Gasteiger partial charge in [0.1, 0.15) is 5.82 Å². The number of rotatable bonds is 5. The molecule has 0 aliphatic heterocycles. The second-order valence-electron chi connectivity index (χ2n) is 5.31. The summed E-state index contributed by atoms with van der Waals surface area (Å²) in [7, 11) is 0. The van der Waals surface area contributed by atoms with Gasteiger partial charge in [-0.15, -0.1) is 0 Å². The van der Waals surface area contributed by atoms with Crippen molar-refractivity contribution in [2.75, 3.05) is 11.9 Å². The highest BCUT2D eigenvalue weighted by molar-refractivity contribution is 5.97. The molecule has 0 saturated carbocycles. The van der Waals surface area contributed by atoms with Gasteiger partial charge in [0, 0.05) is 24.7 Å². The molecule has 2 N–H and O–H groups in total. The molecule has 0 bridgehead atoms. The van der Waals surface area contributed by atoms with Crippen LogP contribution in [0.15, 0.2) is 42.5 Å². The van der Waals surface area contributed by atoms with Crippen LogP contribution in [0.3, 0.4) is 0 Å². The van der Waals surface area contributed by atoms with E-state index in [0.717, 1.165) is 5.56 Å². The predicted octanol–water partition coefficient (Wildman–Crippen LogP) is 3.07. The topological polar surface area (TPSA) is 58.2 Å². The Morgan fingerprint density at radius 2 is 1.87 bits per heavy atom. The number of aryl methyl sites for hydroxylation is 1. The summed E-state index contributed by atoms with van der Waals surface area (Å²) < 4.78 is 13.5. The lowest BCUT2D eigenvalue weighted by Gasteiger charge is -2.10. The number of hydrogen-bond acceptors (Lipinski definition) is 2. The summed E-state index contributed by atoms with van der Waals surface area (Å²) in [6.07, 6.45) is 0.419. The van der Waals surface area contributed by atoms with Crippen molar-refractivity contribution in [3.63, 3.8) is 0 Å². The van der Waals surface area contributed by atoms with Gasteiger partial charge < -0.3 is 10.6 Å². The normalized spacial score (nSPS) is 10.2. The van der Waals surface area contributed by atoms with Crippen LogP contribution in [-0.4, -0.2) is 18.4 Å². The highest BCUT2D eigenvalue weighted by atomic mass is 19.1. The van der Waals surface area contributed by atoms with Crippen molar-refractivity contribution in [3.8, 4) is 0 Å². The van der Waals surface area contributed by atoms with E-state index in [0.29, 0.717) is 29.8 Å². The van der Waals surface area contributed by atoms with E-state index < -0.39 is 0 Å². The zero-order chi connectivity index (χ0) is 16.8. The maximum atomic E-state index is 13.5. The van der Waals surface area contributed by atoms with Crippen LogP contribution >= 0.6 is 0 Å². The molecule has 0 heterocycles. The summed E-state index contributed by atoms with van der Waals surface area (Å²) in [6.45, 7) is 3.61. The molecule has 0 atom stereocenters. The molecule has 2 amide bonds. The largest absolute Gasteiger partial charge is 0.352 e. The van der Waals surface area contributed by atoms with Crippen molar-refractivity contribution in [2.24, 2.45) is 0 Å². The molecule has 0 unspecified atom stereocenters. The van der Waals surface area contributed by atoms with Crippen molar-refractivity contribution in [2.45, 2.75) is 20.3 Å². The molecular formula is C18H19FN2O2. The summed E-state index contributed by atoms with van der Waals surface area (Å²) in [4.78, 5) is 23.3. The lowest BCUT2D eigenvalue weighted by molar-refractivity contribution is -0.114. The summed E-state index contributed by atoms with van der Waals surface area (Å²) in [6, 6.07) is 11.6. The molecule has 0 aliphatic carbocycles. The first kappa shape index (κ1) is 16.7. The zero-order valence-corrected chi connectivity index (χ0v) is 13.2. The minimum absolute atomic E-state index is 0.190. The number of anilines is 1. The van der Waals surface area contributed by atoms with Gasteiger partial charge in [-0.1, -0.05) is 24.3 Å². The SMILES string of the molecule is CC(=O)Nc1cc(C(=O)NCCc2ccccc2F)ccc1C. The van der Waals surface area contributed by atoms with Crippen molar-refractivity contribution in [1.82, 2.24) is 5.32 Å². The molecule has 0 spiro atoms. The Balaban J connectivity index is 1.98. The number of hydrogen-bond donors (Lipinski definition) is 2. The van der Waals surface area contributed by atoms with Gasteiger partial charge in [0.2, 0.25) is 5.91 Å². The molecule has 4 nitrogen and oxygen atoms in total. The third-order valence-corrected chi connectivity index (χ3v) is 3.45. The lowest BCUT2D eigenvalue weighted by Crippen LogP contribution is -2.26. The third-order valence-electron chi connectivity index (χ3n) is 3.45. The Hall–Kier alpha value is -2.69. The molecular weight excluding hydrogens is 295 g/mol. The van der Waals surface area contributed by atoms with E-state index in [1.54, 1.807) is 36.4 Å². The highest BCUT2D eigenvalue weighted by Crippen LogP contribution is 2.17. The Kier molecular flexibility index (Phi) is 5.46. The smallest absolute Gasteiger partial charge is 0.251 e. The van der Waals surface area contributed by atoms with Crippen LogP contribution in [0, 0.1) is 12.7 Å². The highest BCUT2D eigenvalue weighted by Gasteiger charge is 2.09. The Morgan fingerprint density at radius 3 is 2.57 bits per heavy atom. The van der Waals surface area contributed by atoms with Crippen LogP contribution < -0.4 is 10.6 Å². The Labute approximate surface area is 134 Å². The summed E-state index contributed by atoms with van der Waals surface area (Å²) >= 11 is 0. The molecule has 5 heteroatoms. The lowest BCUT2D eigenvalue weighted by atomic mass is 10.1. The van der Waals surface area contributed by atoms with Gasteiger partial charge in [-0.3, -0.25) is 9.59 Å². The fraction of sp³-hybridized carbons (Fsp3) is 0.222. The van der Waals surface area contributed by atoms with Crippen molar-refractivity contribution >= 4 is 17.5 Å². The van der Waals surface area contributed by atoms with Gasteiger partial charge in [0.15, 0.2) is 0 Å². The van der Waals surface area contributed by atoms with Crippen LogP contribution in [0.5, 0.6) is 0 Å². The van der Waals surface area contributed by atoms with Gasteiger partial charge in [-0.25, -0.2) is 4.39 Å². The van der Waals surface area contributed by atoms with Gasteiger partial charge in [0.25, 0.3) is 5.91 Å². The van der Waals surface area contributed by atoms with E-state index >= 15 is 0 Å². The van der Waals surface area contributed by atoms with Crippen LogP contribution in [0.2, 0.25) is 0 Å². The van der Waals surface area contributed by atoms with Crippen molar-refractivity contribution in [1.29, 1.82) is 0 Å². The van der Waals surface area contributed by atoms with Crippen LogP contribution in [-0.2, 0) is 11.2 Å². The maximum Gasteiger partial charge on any atom is 0.251 e. The molecule has 2 aromatic rings. The summed E-state index contributed by atoms with van der Waals surface area (Å²) in [5.41, 5.74) is 2.51. The first-order chi connectivity index (χ1) is 11.0. The van der Waals surface area contributed by atoms with Gasteiger partial charge >= 0.3 is 0 Å². The minimum Gasteiger partial charge on any atom is -0.352 e. The van der Waals surface area contributed by atoms with Crippen molar-refractivity contribution < 1.29 is 14.0 Å². The molecule has 2 rings (SSSR count). The molecule has 2 aromatic carbocycles. The molecule has 0 aliphatic rings. The fourth-order valence-corrected chi connectivity index (χ4v) is 2.20. The van der Waals surface area contributed by atoms with E-state index in [2.05, 4.69) is 10.6 Å². The van der Waals surface area contributed by atoms with E-state index in [9.17, 15) is 14.0 Å². The van der Waals surface area contributed by atoms with E-state index in [4.69, 9.17) is 0 Å². The van der Waals surface area contributed by atoms with Gasteiger partial charge in [-0.05, 0) is 42.7 Å². The molecule has 0 saturated heterocycles. The number of amides is 2. The number of carbonyl (C=O) groups excluding carboxylic acids is 2. The van der Waals surface area contributed by atoms with Crippen LogP contribution in [0.1, 0.15) is 28.4 Å². The second kappa shape index (κ2) is 7.54. The number of benzene rings is 2. The molecule has 0 aromatic heterocycles. The number of nitrogens with one attached hydrogen (secondary N) is 2. The number of carbonyl (C=O) groups is 2. The zero-order valence-electron chi connectivity index (χ0n) is 13.2. The molecule has 0 radical (unpaired) electrons. The van der Waals surface area contributed by atoms with Crippen LogP contribution in [0.4, 0.5) is 10.1 Å². The third kappa shape index (κ3) is 4.64. The van der Waals surface area contributed by atoms with Gasteiger partial charge in [0.05, 0.1) is 0 Å². The first-order valence-corrected chi connectivity index (χ1v) is 7.37. The standard InChI is InChI=1S/C18H19FN2O2/c1-12-7-8-15(11-17(12)21-13(2)22)18(23)20-10-9-14-5-3-4-6-16(14)19/h3-8,11H,9-10H2,1-2H3,(H,20,23)(H,21,22). The van der Waals surface area contributed by atoms with E-state index in [1.807, 2.05) is 6.92 Å². The van der Waals surface area contributed by atoms with E-state index in [-0.39, 0.29) is 17.6 Å². The predicted molar refractivity (Wildman–Crippen MR) is 87.9 cm³/mol. The first-order valence-electron chi connectivity index (χ1n) is 7.37. The quantitative estimate of drug-likeness (QED) is 0.891. The monoisotopic (exact) mass is 314 g/mol. The minimum atomic E-state index is -0.273. The average Bonchev–Trinajstić information content (AvgIpc) is 2.51. The average molecular weight is 314 g/mol. The second-order valence-corrected chi connectivity index (χ2v) is 5.31. The van der Waals surface area contributed by atoms with Crippen molar-refractivity contribution in [3.05, 3.63) is 65.0 Å². The molecule has 23 heavy (non-hydrogen) atoms. The number of halogens is 1. The maximum absolute atomic E-state index is 13.5. The fourth-order valence-electron chi connectivity index (χ4n) is 2.20. The Morgan fingerprint density at radius 1 is 1.13 bits per heavy atom. The van der Waals surface area contributed by atoms with E-state index in [1.165, 1.54) is 13.0 Å². The van der Waals surface area contributed by atoms with Gasteiger partial charge in [-0.2, -0.15) is 0 Å².